The first-order valence-electron chi connectivity index (χ1n) is 9.86. The standard InChI is InChI=1S/C16H14P.C9H11.2FH.Zr/c1-12-11-13-7-5-6-10-15(13)16(12)17-14-8-3-2-4-9-14;1-2-5-9-7-3-6-8(9)4-1;;;/h2-11,17H,1H3;1-2,4,6,9H,3,5,7H2;2*1H;/q2*-1;;;+4/p-2. The van der Waals surface area contributed by atoms with E-state index in [0.29, 0.717) is 0 Å². The second-order valence-electron chi connectivity index (χ2n) is 7.16. The van der Waals surface area contributed by atoms with E-state index in [4.69, 9.17) is 0 Å². The molecule has 0 bridgehead atoms. The molecule has 5 rings (SSSR count). The number of fused-ring (bicyclic) bond motifs is 2. The molecule has 2 aliphatic rings. The van der Waals surface area contributed by atoms with E-state index in [2.05, 4.69) is 92.2 Å². The molecule has 0 aliphatic heterocycles. The SMILES string of the molecule is C1=CCC2CC[CH-]C2=C1.Cc1[cH-]c2ccccc2c1Pc1ccccc1.[F][Zr+2][F]. The van der Waals surface area contributed by atoms with Gasteiger partial charge in [0.15, 0.2) is 0 Å². The fourth-order valence-corrected chi connectivity index (χ4v) is 5.14. The Kier molecular flexibility index (Phi) is 8.97. The van der Waals surface area contributed by atoms with Crippen LogP contribution in [0.2, 0.25) is 0 Å². The Hall–Kier alpha value is -1.43. The minimum absolute atomic E-state index is 0.754. The van der Waals surface area contributed by atoms with Gasteiger partial charge in [0.05, 0.1) is 0 Å². The van der Waals surface area contributed by atoms with E-state index in [-0.39, 0.29) is 0 Å². The van der Waals surface area contributed by atoms with Gasteiger partial charge in [-0.3, -0.25) is 0 Å². The third kappa shape index (κ3) is 6.27. The first-order chi connectivity index (χ1) is 14.2. The van der Waals surface area contributed by atoms with Crippen LogP contribution in [0.5, 0.6) is 0 Å². The summed E-state index contributed by atoms with van der Waals surface area (Å²) >= 11 is -2.77. The number of halogens is 2. The molecule has 1 fully saturated rings. The normalized spacial score (nSPS) is 16.8. The summed E-state index contributed by atoms with van der Waals surface area (Å²) < 4.78 is 19.6. The summed E-state index contributed by atoms with van der Waals surface area (Å²) in [6.07, 6.45) is 13.0. The topological polar surface area (TPSA) is 0 Å². The van der Waals surface area contributed by atoms with Crippen LogP contribution in [0.3, 0.4) is 0 Å². The van der Waals surface area contributed by atoms with Gasteiger partial charge in [-0.25, -0.2) is 18.1 Å². The van der Waals surface area contributed by atoms with Crippen LogP contribution in [-0.4, -0.2) is 0 Å². The van der Waals surface area contributed by atoms with Crippen LogP contribution in [0.15, 0.2) is 84.5 Å². The molecular formula is C25H25F2PZr. The molecule has 3 aromatic rings. The Morgan fingerprint density at radius 3 is 2.52 bits per heavy atom. The first kappa shape index (κ1) is 22.3. The molecule has 0 radical (unpaired) electrons. The number of aryl methyl sites for hydroxylation is 1. The average molecular weight is 486 g/mol. The number of rotatable bonds is 2. The Labute approximate surface area is 187 Å². The van der Waals surface area contributed by atoms with Crippen molar-refractivity contribution >= 4 is 30.0 Å². The van der Waals surface area contributed by atoms with Crippen molar-refractivity contribution < 1.29 is 29.7 Å². The van der Waals surface area contributed by atoms with Gasteiger partial charge in [0.2, 0.25) is 0 Å². The van der Waals surface area contributed by atoms with Crippen molar-refractivity contribution in [2.24, 2.45) is 5.92 Å². The quantitative estimate of drug-likeness (QED) is 0.276. The third-order valence-corrected chi connectivity index (χ3v) is 6.79. The number of benzene rings is 2. The maximum absolute atomic E-state index is 9.80. The molecule has 0 saturated heterocycles. The molecule has 0 nitrogen and oxygen atoms in total. The Morgan fingerprint density at radius 1 is 1.03 bits per heavy atom. The zero-order chi connectivity index (χ0) is 20.5. The van der Waals surface area contributed by atoms with Crippen molar-refractivity contribution in [3.8, 4) is 0 Å². The molecule has 2 atom stereocenters. The Morgan fingerprint density at radius 2 is 1.76 bits per heavy atom. The molecule has 2 unspecified atom stereocenters. The molecule has 3 aromatic carbocycles. The fourth-order valence-electron chi connectivity index (χ4n) is 3.86. The van der Waals surface area contributed by atoms with Gasteiger partial charge in [-0.05, 0) is 17.6 Å². The molecular weight excluding hydrogens is 460 g/mol. The molecule has 1 saturated carbocycles. The second-order valence-corrected chi connectivity index (χ2v) is 8.84. The van der Waals surface area contributed by atoms with Gasteiger partial charge in [-0.2, -0.15) is 0 Å². The molecule has 0 spiro atoms. The molecule has 0 amide bonds. The van der Waals surface area contributed by atoms with E-state index in [1.54, 1.807) is 5.57 Å². The molecule has 0 N–H and O–H groups in total. The van der Waals surface area contributed by atoms with Crippen molar-refractivity contribution in [1.82, 2.24) is 0 Å². The Balaban J connectivity index is 0.000000167. The molecule has 4 heteroatoms. The summed E-state index contributed by atoms with van der Waals surface area (Å²) in [5.41, 5.74) is 2.99. The molecule has 0 aromatic heterocycles. The number of allylic oxidation sites excluding steroid dienone is 4. The van der Waals surface area contributed by atoms with E-state index < -0.39 is 24.5 Å². The predicted molar refractivity (Wildman–Crippen MR) is 119 cm³/mol. The van der Waals surface area contributed by atoms with E-state index >= 15 is 0 Å². The van der Waals surface area contributed by atoms with Crippen LogP contribution in [0, 0.1) is 19.3 Å². The van der Waals surface area contributed by atoms with E-state index in [9.17, 15) is 5.25 Å². The molecule has 29 heavy (non-hydrogen) atoms. The van der Waals surface area contributed by atoms with Gasteiger partial charge in [0.1, 0.15) is 0 Å². The molecule has 148 valence electrons. The molecule has 0 heterocycles. The van der Waals surface area contributed by atoms with Gasteiger partial charge in [-0.15, -0.1) is 73.1 Å². The van der Waals surface area contributed by atoms with Crippen LogP contribution in [-0.2, 0) is 24.5 Å². The summed E-state index contributed by atoms with van der Waals surface area (Å²) in [6, 6.07) is 21.7. The maximum atomic E-state index is 9.80. The van der Waals surface area contributed by atoms with E-state index in [1.165, 1.54) is 46.2 Å². The average Bonchev–Trinajstić information content (AvgIpc) is 3.35. The van der Waals surface area contributed by atoms with Crippen LogP contribution >= 0.6 is 8.58 Å². The van der Waals surface area contributed by atoms with Crippen molar-refractivity contribution in [2.75, 3.05) is 0 Å². The van der Waals surface area contributed by atoms with Crippen molar-refractivity contribution in [2.45, 2.75) is 26.2 Å². The minimum atomic E-state index is -2.77. The first-order valence-corrected chi connectivity index (χ1v) is 12.7. The zero-order valence-electron chi connectivity index (χ0n) is 16.5. The van der Waals surface area contributed by atoms with Gasteiger partial charge in [0.25, 0.3) is 0 Å². The monoisotopic (exact) mass is 484 g/mol. The van der Waals surface area contributed by atoms with Crippen molar-refractivity contribution in [3.63, 3.8) is 0 Å². The number of hydrogen-bond acceptors (Lipinski definition) is 0. The summed E-state index contributed by atoms with van der Waals surface area (Å²) in [5.74, 6) is 0.884. The van der Waals surface area contributed by atoms with Crippen LogP contribution in [0.25, 0.3) is 10.8 Å². The number of hydrogen-bond donors (Lipinski definition) is 0. The molecule has 2 aliphatic carbocycles. The fraction of sp³-hybridized carbons (Fsp3) is 0.200. The van der Waals surface area contributed by atoms with Crippen molar-refractivity contribution in [1.29, 1.82) is 0 Å². The summed E-state index contributed by atoms with van der Waals surface area (Å²) in [7, 11) is 0.754. The van der Waals surface area contributed by atoms with Gasteiger partial charge in [-0.1, -0.05) is 49.7 Å². The predicted octanol–water partition coefficient (Wildman–Crippen LogP) is 6.82. The van der Waals surface area contributed by atoms with Gasteiger partial charge >= 0.3 is 29.7 Å². The van der Waals surface area contributed by atoms with Gasteiger partial charge < -0.3 is 0 Å². The zero-order valence-corrected chi connectivity index (χ0v) is 20.0. The summed E-state index contributed by atoms with van der Waals surface area (Å²) in [5, 5.41) is 5.68. The van der Waals surface area contributed by atoms with E-state index in [1.807, 2.05) is 0 Å². The van der Waals surface area contributed by atoms with Crippen molar-refractivity contribution in [3.05, 3.63) is 96.4 Å². The third-order valence-electron chi connectivity index (χ3n) is 5.25. The van der Waals surface area contributed by atoms with E-state index in [0.717, 1.165) is 14.5 Å². The van der Waals surface area contributed by atoms with Crippen LogP contribution in [0.4, 0.5) is 5.25 Å². The Bertz CT molecular complexity index is 959. The van der Waals surface area contributed by atoms with Crippen LogP contribution in [0.1, 0.15) is 24.8 Å². The summed E-state index contributed by atoms with van der Waals surface area (Å²) in [6.45, 7) is 2.21. The van der Waals surface area contributed by atoms with Crippen LogP contribution < -0.4 is 10.6 Å². The second kappa shape index (κ2) is 11.7. The van der Waals surface area contributed by atoms with Gasteiger partial charge in [0, 0.05) is 0 Å². The summed E-state index contributed by atoms with van der Waals surface area (Å²) in [4.78, 5) is 0.